The predicted molar refractivity (Wildman–Crippen MR) is 71.6 cm³/mol. The number of hydrogen-bond donors (Lipinski definition) is 0. The summed E-state index contributed by atoms with van der Waals surface area (Å²) in [6.07, 6.45) is 7.13. The van der Waals surface area contributed by atoms with Crippen molar-refractivity contribution in [2.24, 2.45) is 0 Å². The SMILES string of the molecule is C#CCn1cc2c(n1)-c1cc(Cl)ccc1[S+]([O-])C2. The maximum absolute atomic E-state index is 12.1. The van der Waals surface area contributed by atoms with Gasteiger partial charge in [0.05, 0.1) is 5.56 Å². The predicted octanol–water partition coefficient (Wildman–Crippen LogP) is 2.46. The van der Waals surface area contributed by atoms with Crippen molar-refractivity contribution in [2.75, 3.05) is 0 Å². The van der Waals surface area contributed by atoms with Gasteiger partial charge >= 0.3 is 0 Å². The van der Waals surface area contributed by atoms with E-state index in [1.165, 1.54) is 0 Å². The van der Waals surface area contributed by atoms with Crippen LogP contribution in [0.4, 0.5) is 0 Å². The van der Waals surface area contributed by atoms with Crippen LogP contribution in [-0.2, 0) is 23.5 Å². The average Bonchev–Trinajstić information content (AvgIpc) is 2.72. The Morgan fingerprint density at radius 2 is 2.39 bits per heavy atom. The van der Waals surface area contributed by atoms with E-state index in [4.69, 9.17) is 18.0 Å². The molecule has 0 fully saturated rings. The molecular weight excluding hydrogens is 268 g/mol. The van der Waals surface area contributed by atoms with Gasteiger partial charge in [-0.2, -0.15) is 5.10 Å². The molecule has 2 heterocycles. The van der Waals surface area contributed by atoms with Gasteiger partial charge in [-0.1, -0.05) is 17.5 Å². The number of halogens is 1. The number of aromatic nitrogens is 2. The van der Waals surface area contributed by atoms with Gasteiger partial charge < -0.3 is 4.55 Å². The Morgan fingerprint density at radius 1 is 1.56 bits per heavy atom. The van der Waals surface area contributed by atoms with Crippen LogP contribution in [0.2, 0.25) is 5.02 Å². The van der Waals surface area contributed by atoms with Crippen molar-refractivity contribution >= 4 is 22.8 Å². The molecule has 0 bridgehead atoms. The van der Waals surface area contributed by atoms with Crippen molar-refractivity contribution < 1.29 is 4.55 Å². The normalized spacial score (nSPS) is 16.8. The quantitative estimate of drug-likeness (QED) is 0.593. The van der Waals surface area contributed by atoms with E-state index in [2.05, 4.69) is 11.0 Å². The zero-order chi connectivity index (χ0) is 12.7. The highest BCUT2D eigenvalue weighted by Gasteiger charge is 2.29. The largest absolute Gasteiger partial charge is 0.611 e. The topological polar surface area (TPSA) is 40.9 Å². The van der Waals surface area contributed by atoms with Crippen LogP contribution >= 0.6 is 11.6 Å². The van der Waals surface area contributed by atoms with Gasteiger partial charge in [-0.25, -0.2) is 0 Å². The number of terminal acetylenes is 1. The number of hydrogen-bond acceptors (Lipinski definition) is 2. The van der Waals surface area contributed by atoms with E-state index in [0.29, 0.717) is 17.3 Å². The highest BCUT2D eigenvalue weighted by molar-refractivity contribution is 7.90. The molecule has 90 valence electrons. The first-order valence-electron chi connectivity index (χ1n) is 5.37. The summed E-state index contributed by atoms with van der Waals surface area (Å²) in [5, 5.41) is 5.05. The van der Waals surface area contributed by atoms with Gasteiger partial charge in [0.25, 0.3) is 0 Å². The first-order valence-corrected chi connectivity index (χ1v) is 7.07. The van der Waals surface area contributed by atoms with Crippen molar-refractivity contribution in [3.8, 4) is 23.6 Å². The number of nitrogens with zero attached hydrogens (tertiary/aromatic N) is 2. The minimum absolute atomic E-state index is 0.412. The summed E-state index contributed by atoms with van der Waals surface area (Å²) in [6, 6.07) is 5.36. The highest BCUT2D eigenvalue weighted by atomic mass is 35.5. The Balaban J connectivity index is 2.18. The molecule has 0 saturated carbocycles. The molecule has 1 atom stereocenters. The molecule has 3 nitrogen and oxygen atoms in total. The molecule has 1 aliphatic rings. The van der Waals surface area contributed by atoms with Gasteiger partial charge in [0.1, 0.15) is 18.0 Å². The average molecular weight is 277 g/mol. The van der Waals surface area contributed by atoms with Crippen LogP contribution in [-0.4, -0.2) is 14.3 Å². The minimum atomic E-state index is -1.04. The summed E-state index contributed by atoms with van der Waals surface area (Å²) in [7, 11) is 0. The van der Waals surface area contributed by atoms with E-state index in [-0.39, 0.29) is 0 Å². The molecule has 0 saturated heterocycles. The fraction of sp³-hybridized carbons (Fsp3) is 0.154. The molecular formula is C13H9ClN2OS. The van der Waals surface area contributed by atoms with Crippen molar-refractivity contribution in [3.63, 3.8) is 0 Å². The third-order valence-electron chi connectivity index (χ3n) is 2.82. The van der Waals surface area contributed by atoms with Crippen LogP contribution < -0.4 is 0 Å². The van der Waals surface area contributed by atoms with Gasteiger partial charge in [0, 0.05) is 16.8 Å². The second-order valence-corrected chi connectivity index (χ2v) is 5.89. The van der Waals surface area contributed by atoms with Crippen LogP contribution in [0.1, 0.15) is 5.56 Å². The molecule has 5 heteroatoms. The van der Waals surface area contributed by atoms with E-state index in [9.17, 15) is 4.55 Å². The van der Waals surface area contributed by atoms with E-state index in [1.54, 1.807) is 22.9 Å². The van der Waals surface area contributed by atoms with Crippen LogP contribution in [0.25, 0.3) is 11.3 Å². The van der Waals surface area contributed by atoms with Gasteiger partial charge in [-0.05, 0) is 29.4 Å². The van der Waals surface area contributed by atoms with E-state index >= 15 is 0 Å². The standard InChI is InChI=1S/C13H9ClN2OS/c1-2-5-16-7-9-8-18(17)12-4-3-10(14)6-11(12)13(9)15-16/h1,3-4,6-7H,5,8H2. The zero-order valence-electron chi connectivity index (χ0n) is 9.39. The van der Waals surface area contributed by atoms with Crippen molar-refractivity contribution in [1.82, 2.24) is 9.78 Å². The Morgan fingerprint density at radius 3 is 3.17 bits per heavy atom. The summed E-state index contributed by atoms with van der Waals surface area (Å²) in [4.78, 5) is 0.790. The summed E-state index contributed by atoms with van der Waals surface area (Å²) in [5.74, 6) is 3.02. The smallest absolute Gasteiger partial charge is 0.162 e. The summed E-state index contributed by atoms with van der Waals surface area (Å²) >= 11 is 4.95. The number of rotatable bonds is 1. The van der Waals surface area contributed by atoms with Crippen LogP contribution in [0.5, 0.6) is 0 Å². The molecule has 0 radical (unpaired) electrons. The molecule has 1 aromatic carbocycles. The molecule has 0 N–H and O–H groups in total. The summed E-state index contributed by atoms with van der Waals surface area (Å²) < 4.78 is 13.8. The molecule has 0 amide bonds. The molecule has 1 aromatic heterocycles. The highest BCUT2D eigenvalue weighted by Crippen LogP contribution is 2.38. The summed E-state index contributed by atoms with van der Waals surface area (Å²) in [5.41, 5.74) is 2.64. The van der Waals surface area contributed by atoms with Crippen molar-refractivity contribution in [2.45, 2.75) is 17.2 Å². The van der Waals surface area contributed by atoms with E-state index in [1.807, 2.05) is 6.20 Å². The Hall–Kier alpha value is -1.41. The van der Waals surface area contributed by atoms with Gasteiger partial charge in [-0.15, -0.1) is 6.42 Å². The van der Waals surface area contributed by atoms with Gasteiger partial charge in [-0.3, -0.25) is 4.68 Å². The lowest BCUT2D eigenvalue weighted by Gasteiger charge is -2.18. The second kappa shape index (κ2) is 4.36. The molecule has 0 spiro atoms. The first kappa shape index (κ1) is 11.7. The number of benzene rings is 1. The molecule has 18 heavy (non-hydrogen) atoms. The van der Waals surface area contributed by atoms with E-state index < -0.39 is 11.2 Å². The lowest BCUT2D eigenvalue weighted by Crippen LogP contribution is -2.11. The van der Waals surface area contributed by atoms with Crippen LogP contribution in [0, 0.1) is 12.3 Å². The van der Waals surface area contributed by atoms with Gasteiger partial charge in [0.2, 0.25) is 0 Å². The van der Waals surface area contributed by atoms with Crippen LogP contribution in [0.15, 0.2) is 29.3 Å². The Labute approximate surface area is 113 Å². The third kappa shape index (κ3) is 1.81. The molecule has 3 rings (SSSR count). The molecule has 1 aliphatic heterocycles. The monoisotopic (exact) mass is 276 g/mol. The minimum Gasteiger partial charge on any atom is -0.611 e. The Kier molecular flexibility index (Phi) is 2.83. The third-order valence-corrected chi connectivity index (χ3v) is 4.47. The summed E-state index contributed by atoms with van der Waals surface area (Å²) in [6.45, 7) is 0.412. The van der Waals surface area contributed by atoms with Gasteiger partial charge in [0.15, 0.2) is 4.90 Å². The molecule has 2 aromatic rings. The second-order valence-electron chi connectivity index (χ2n) is 4.03. The fourth-order valence-electron chi connectivity index (χ4n) is 2.07. The van der Waals surface area contributed by atoms with Crippen molar-refractivity contribution in [1.29, 1.82) is 0 Å². The van der Waals surface area contributed by atoms with Crippen LogP contribution in [0.3, 0.4) is 0 Å². The Bertz CT molecular complexity index is 659. The van der Waals surface area contributed by atoms with E-state index in [0.717, 1.165) is 21.7 Å². The zero-order valence-corrected chi connectivity index (χ0v) is 11.0. The first-order chi connectivity index (χ1) is 8.69. The number of fused-ring (bicyclic) bond motifs is 3. The molecule has 0 aliphatic carbocycles. The fourth-order valence-corrected chi connectivity index (χ4v) is 3.52. The molecule has 1 unspecified atom stereocenters. The lowest BCUT2D eigenvalue weighted by atomic mass is 10.1. The maximum Gasteiger partial charge on any atom is 0.162 e. The maximum atomic E-state index is 12.1. The van der Waals surface area contributed by atoms with Crippen molar-refractivity contribution in [3.05, 3.63) is 35.0 Å². The lowest BCUT2D eigenvalue weighted by molar-refractivity contribution is 0.593.